The van der Waals surface area contributed by atoms with E-state index in [1.54, 1.807) is 0 Å². The van der Waals surface area contributed by atoms with Crippen LogP contribution in [0.3, 0.4) is 0 Å². The fourth-order valence-electron chi connectivity index (χ4n) is 1.65. The van der Waals surface area contributed by atoms with Gasteiger partial charge in [0.2, 0.25) is 0 Å². The Labute approximate surface area is 79.0 Å². The van der Waals surface area contributed by atoms with Gasteiger partial charge >= 0.3 is 0 Å². The molecule has 0 aliphatic heterocycles. The lowest BCUT2D eigenvalue weighted by Gasteiger charge is -2.07. The summed E-state index contributed by atoms with van der Waals surface area (Å²) in [6, 6.07) is 0. The van der Waals surface area contributed by atoms with Crippen LogP contribution in [-0.4, -0.2) is 16.1 Å². The lowest BCUT2D eigenvalue weighted by atomic mass is 10.3. The van der Waals surface area contributed by atoms with Crippen LogP contribution in [0.15, 0.2) is 6.20 Å². The molecular weight excluding hydrogens is 162 g/mol. The standard InChI is InChI=1S/C10H17N3/c1-8-6-12-10(4-5-11)13(8)7-9-2-3-9/h6,9H,2-5,7,11H2,1H3. The van der Waals surface area contributed by atoms with Crippen molar-refractivity contribution in [2.24, 2.45) is 11.7 Å². The molecule has 0 aromatic carbocycles. The molecule has 0 amide bonds. The minimum atomic E-state index is 0.696. The van der Waals surface area contributed by atoms with Crippen molar-refractivity contribution in [3.05, 3.63) is 17.7 Å². The van der Waals surface area contributed by atoms with Crippen molar-refractivity contribution in [1.82, 2.24) is 9.55 Å². The molecule has 72 valence electrons. The van der Waals surface area contributed by atoms with Crippen molar-refractivity contribution in [2.75, 3.05) is 6.54 Å². The van der Waals surface area contributed by atoms with Gasteiger partial charge in [-0.25, -0.2) is 4.98 Å². The predicted molar refractivity (Wildman–Crippen MR) is 52.4 cm³/mol. The van der Waals surface area contributed by atoms with Gasteiger partial charge in [0.1, 0.15) is 5.82 Å². The second-order valence-corrected chi connectivity index (χ2v) is 3.91. The molecule has 0 spiro atoms. The van der Waals surface area contributed by atoms with Crippen molar-refractivity contribution in [1.29, 1.82) is 0 Å². The quantitative estimate of drug-likeness (QED) is 0.752. The Bertz CT molecular complexity index is 286. The summed E-state index contributed by atoms with van der Waals surface area (Å²) in [5.74, 6) is 2.07. The Morgan fingerprint density at radius 1 is 1.62 bits per heavy atom. The van der Waals surface area contributed by atoms with E-state index < -0.39 is 0 Å². The molecule has 3 nitrogen and oxygen atoms in total. The Kier molecular flexibility index (Phi) is 2.36. The van der Waals surface area contributed by atoms with Gasteiger partial charge in [0.05, 0.1) is 0 Å². The molecule has 0 saturated heterocycles. The molecule has 0 atom stereocenters. The third kappa shape index (κ3) is 1.91. The van der Waals surface area contributed by atoms with Crippen LogP contribution in [0, 0.1) is 12.8 Å². The first-order valence-corrected chi connectivity index (χ1v) is 5.02. The van der Waals surface area contributed by atoms with Crippen molar-refractivity contribution in [3.63, 3.8) is 0 Å². The second-order valence-electron chi connectivity index (χ2n) is 3.91. The Morgan fingerprint density at radius 2 is 2.38 bits per heavy atom. The monoisotopic (exact) mass is 179 g/mol. The molecule has 1 aliphatic carbocycles. The normalized spacial score (nSPS) is 16.5. The molecule has 1 aromatic heterocycles. The van der Waals surface area contributed by atoms with E-state index >= 15 is 0 Å². The minimum absolute atomic E-state index is 0.696. The molecule has 0 unspecified atom stereocenters. The summed E-state index contributed by atoms with van der Waals surface area (Å²) in [7, 11) is 0. The van der Waals surface area contributed by atoms with Gasteiger partial charge in [-0.15, -0.1) is 0 Å². The molecular formula is C10H17N3. The van der Waals surface area contributed by atoms with E-state index in [1.807, 2.05) is 6.20 Å². The summed E-state index contributed by atoms with van der Waals surface area (Å²) in [4.78, 5) is 4.37. The van der Waals surface area contributed by atoms with E-state index in [4.69, 9.17) is 5.73 Å². The summed E-state index contributed by atoms with van der Waals surface area (Å²) < 4.78 is 2.32. The van der Waals surface area contributed by atoms with Crippen LogP contribution in [0.5, 0.6) is 0 Å². The van der Waals surface area contributed by atoms with Crippen LogP contribution in [-0.2, 0) is 13.0 Å². The van der Waals surface area contributed by atoms with Gasteiger partial charge in [0, 0.05) is 24.9 Å². The second kappa shape index (κ2) is 3.50. The van der Waals surface area contributed by atoms with Gasteiger partial charge in [-0.05, 0) is 32.2 Å². The number of aryl methyl sites for hydroxylation is 1. The summed E-state index contributed by atoms with van der Waals surface area (Å²) in [5.41, 5.74) is 6.81. The summed E-state index contributed by atoms with van der Waals surface area (Å²) in [6.45, 7) is 3.97. The highest BCUT2D eigenvalue weighted by molar-refractivity contribution is 5.04. The summed E-state index contributed by atoms with van der Waals surface area (Å²) >= 11 is 0. The van der Waals surface area contributed by atoms with Gasteiger partial charge in [-0.3, -0.25) is 0 Å². The Balaban J connectivity index is 2.12. The lowest BCUT2D eigenvalue weighted by Crippen LogP contribution is -2.12. The van der Waals surface area contributed by atoms with Crippen LogP contribution in [0.25, 0.3) is 0 Å². The average Bonchev–Trinajstić information content (AvgIpc) is 2.86. The Morgan fingerprint density at radius 3 is 3.00 bits per heavy atom. The van der Waals surface area contributed by atoms with Gasteiger partial charge in [-0.1, -0.05) is 0 Å². The molecule has 2 N–H and O–H groups in total. The highest BCUT2D eigenvalue weighted by atomic mass is 15.1. The van der Waals surface area contributed by atoms with Crippen molar-refractivity contribution in [3.8, 4) is 0 Å². The molecule has 0 radical (unpaired) electrons. The van der Waals surface area contributed by atoms with E-state index in [9.17, 15) is 0 Å². The van der Waals surface area contributed by atoms with Crippen LogP contribution < -0.4 is 5.73 Å². The molecule has 1 heterocycles. The van der Waals surface area contributed by atoms with Crippen LogP contribution in [0.1, 0.15) is 24.4 Å². The maximum Gasteiger partial charge on any atom is 0.110 e. The zero-order chi connectivity index (χ0) is 9.26. The van der Waals surface area contributed by atoms with Gasteiger partial charge in [0.25, 0.3) is 0 Å². The van der Waals surface area contributed by atoms with Crippen LogP contribution in [0.2, 0.25) is 0 Å². The van der Waals surface area contributed by atoms with Crippen LogP contribution in [0.4, 0.5) is 0 Å². The zero-order valence-corrected chi connectivity index (χ0v) is 8.16. The van der Waals surface area contributed by atoms with E-state index in [0.717, 1.165) is 24.7 Å². The number of rotatable bonds is 4. The number of hydrogen-bond acceptors (Lipinski definition) is 2. The first-order chi connectivity index (χ1) is 6.31. The Hall–Kier alpha value is -0.830. The van der Waals surface area contributed by atoms with Crippen molar-refractivity contribution >= 4 is 0 Å². The smallest absolute Gasteiger partial charge is 0.110 e. The molecule has 3 heteroatoms. The van der Waals surface area contributed by atoms with Gasteiger partial charge in [0.15, 0.2) is 0 Å². The first-order valence-electron chi connectivity index (χ1n) is 5.02. The predicted octanol–water partition coefficient (Wildman–Crippen LogP) is 1.10. The van der Waals surface area contributed by atoms with E-state index in [1.165, 1.54) is 18.5 Å². The zero-order valence-electron chi connectivity index (χ0n) is 8.16. The van der Waals surface area contributed by atoms with E-state index in [0.29, 0.717) is 6.54 Å². The number of imidazole rings is 1. The number of aromatic nitrogens is 2. The molecule has 1 saturated carbocycles. The van der Waals surface area contributed by atoms with E-state index in [2.05, 4.69) is 16.5 Å². The fourth-order valence-corrected chi connectivity index (χ4v) is 1.65. The summed E-state index contributed by atoms with van der Waals surface area (Å²) in [5, 5.41) is 0. The first kappa shape index (κ1) is 8.75. The molecule has 2 rings (SSSR count). The highest BCUT2D eigenvalue weighted by Crippen LogP contribution is 2.31. The lowest BCUT2D eigenvalue weighted by molar-refractivity contribution is 0.583. The third-order valence-electron chi connectivity index (χ3n) is 2.64. The SMILES string of the molecule is Cc1cnc(CCN)n1CC1CC1. The molecule has 1 aliphatic rings. The van der Waals surface area contributed by atoms with Crippen molar-refractivity contribution in [2.45, 2.75) is 32.7 Å². The average molecular weight is 179 g/mol. The molecule has 1 aromatic rings. The number of hydrogen-bond donors (Lipinski definition) is 1. The van der Waals surface area contributed by atoms with E-state index in [-0.39, 0.29) is 0 Å². The van der Waals surface area contributed by atoms with Crippen molar-refractivity contribution < 1.29 is 0 Å². The molecule has 13 heavy (non-hydrogen) atoms. The van der Waals surface area contributed by atoms with Gasteiger partial charge in [-0.2, -0.15) is 0 Å². The third-order valence-corrected chi connectivity index (χ3v) is 2.64. The summed E-state index contributed by atoms with van der Waals surface area (Å²) in [6.07, 6.45) is 5.63. The number of nitrogens with zero attached hydrogens (tertiary/aromatic N) is 2. The minimum Gasteiger partial charge on any atom is -0.332 e. The highest BCUT2D eigenvalue weighted by Gasteiger charge is 2.23. The maximum absolute atomic E-state index is 5.53. The maximum atomic E-state index is 5.53. The molecule has 0 bridgehead atoms. The fraction of sp³-hybridized carbons (Fsp3) is 0.700. The topological polar surface area (TPSA) is 43.8 Å². The van der Waals surface area contributed by atoms with Crippen LogP contribution >= 0.6 is 0 Å². The molecule has 1 fully saturated rings. The largest absolute Gasteiger partial charge is 0.332 e. The van der Waals surface area contributed by atoms with Gasteiger partial charge < -0.3 is 10.3 Å². The number of nitrogens with two attached hydrogens (primary N) is 1.